The highest BCUT2D eigenvalue weighted by atomic mass is 79.9. The minimum atomic E-state index is -3.94. The monoisotopic (exact) mass is 463 g/mol. The molecule has 1 aliphatic rings. The van der Waals surface area contributed by atoms with Crippen LogP contribution in [-0.2, 0) is 23.8 Å². The molecule has 0 N–H and O–H groups in total. The van der Waals surface area contributed by atoms with E-state index in [2.05, 4.69) is 15.9 Å². The number of amides is 1. The molecule has 7 nitrogen and oxygen atoms in total. The van der Waals surface area contributed by atoms with Crippen molar-refractivity contribution >= 4 is 32.1 Å². The Balaban J connectivity index is 2.07. The van der Waals surface area contributed by atoms with Gasteiger partial charge in [-0.2, -0.15) is 8.42 Å². The number of morpholine rings is 1. The quantitative estimate of drug-likeness (QED) is 0.620. The third-order valence-corrected chi connectivity index (χ3v) is 5.79. The highest BCUT2D eigenvalue weighted by molar-refractivity contribution is 9.10. The average molecular weight is 464 g/mol. The van der Waals surface area contributed by atoms with Gasteiger partial charge in [-0.25, -0.2) is 4.79 Å². The summed E-state index contributed by atoms with van der Waals surface area (Å²) in [5.74, 6) is 0. The molecular weight excluding hydrogens is 438 g/mol. The van der Waals surface area contributed by atoms with E-state index in [9.17, 15) is 13.2 Å². The molecule has 27 heavy (non-hydrogen) atoms. The number of benzene rings is 1. The standard InChI is InChI=1S/C18H26BrNO6S/c1-5-15(26-27(22,23)14-8-6-13(19)7-9-14)16-12-20(10-11-24-16)17(21)25-18(2,3)4/h6-9,15-16H,5,10-12H2,1-4H3/t15-,16-/m0/s1. The molecule has 2 atom stereocenters. The maximum atomic E-state index is 12.6. The summed E-state index contributed by atoms with van der Waals surface area (Å²) >= 11 is 3.28. The van der Waals surface area contributed by atoms with Gasteiger partial charge in [0.1, 0.15) is 17.8 Å². The normalized spacial score (nSPS) is 19.6. The molecule has 1 aliphatic heterocycles. The van der Waals surface area contributed by atoms with Crippen LogP contribution < -0.4 is 0 Å². The van der Waals surface area contributed by atoms with Gasteiger partial charge in [0.15, 0.2) is 0 Å². The van der Waals surface area contributed by atoms with Crippen molar-refractivity contribution in [3.63, 3.8) is 0 Å². The van der Waals surface area contributed by atoms with E-state index < -0.39 is 34.0 Å². The summed E-state index contributed by atoms with van der Waals surface area (Å²) in [6, 6.07) is 6.22. The second-order valence-electron chi connectivity index (χ2n) is 7.29. The number of rotatable bonds is 5. The van der Waals surface area contributed by atoms with Crippen molar-refractivity contribution < 1.29 is 26.9 Å². The van der Waals surface area contributed by atoms with Crippen LogP contribution in [0.5, 0.6) is 0 Å². The summed E-state index contributed by atoms with van der Waals surface area (Å²) < 4.78 is 42.4. The summed E-state index contributed by atoms with van der Waals surface area (Å²) in [7, 11) is -3.94. The summed E-state index contributed by atoms with van der Waals surface area (Å²) in [4.78, 5) is 13.9. The first-order valence-electron chi connectivity index (χ1n) is 8.80. The molecule has 1 saturated heterocycles. The molecule has 1 heterocycles. The zero-order valence-electron chi connectivity index (χ0n) is 16.0. The van der Waals surface area contributed by atoms with Crippen LogP contribution in [0, 0.1) is 0 Å². The Labute approximate surface area is 169 Å². The molecule has 9 heteroatoms. The topological polar surface area (TPSA) is 82.1 Å². The van der Waals surface area contributed by atoms with Crippen molar-refractivity contribution in [1.29, 1.82) is 0 Å². The Morgan fingerprint density at radius 2 is 1.96 bits per heavy atom. The molecule has 1 fully saturated rings. The van der Waals surface area contributed by atoms with Crippen molar-refractivity contribution in [3.8, 4) is 0 Å². The molecule has 0 radical (unpaired) electrons. The zero-order chi connectivity index (χ0) is 20.2. The van der Waals surface area contributed by atoms with Crippen LogP contribution in [0.15, 0.2) is 33.6 Å². The van der Waals surface area contributed by atoms with Crippen LogP contribution in [0.25, 0.3) is 0 Å². The Morgan fingerprint density at radius 1 is 1.33 bits per heavy atom. The molecule has 1 aromatic carbocycles. The van der Waals surface area contributed by atoms with Gasteiger partial charge in [0.25, 0.3) is 10.1 Å². The van der Waals surface area contributed by atoms with Gasteiger partial charge in [-0.3, -0.25) is 4.18 Å². The number of carbonyl (C=O) groups excluding carboxylic acids is 1. The maximum Gasteiger partial charge on any atom is 0.410 e. The van der Waals surface area contributed by atoms with Crippen LogP contribution in [0.4, 0.5) is 4.79 Å². The molecule has 0 unspecified atom stereocenters. The van der Waals surface area contributed by atoms with Crippen LogP contribution in [0.1, 0.15) is 34.1 Å². The van der Waals surface area contributed by atoms with E-state index in [1.54, 1.807) is 32.9 Å². The van der Waals surface area contributed by atoms with Crippen LogP contribution in [-0.4, -0.2) is 56.9 Å². The van der Waals surface area contributed by atoms with E-state index in [0.717, 1.165) is 4.47 Å². The SMILES string of the molecule is CC[C@H](OS(=O)(=O)c1ccc(Br)cc1)[C@@H]1CN(C(=O)OC(C)(C)C)CCO1. The molecular formula is C18H26BrNO6S. The Hall–Kier alpha value is -1.16. The Morgan fingerprint density at radius 3 is 2.52 bits per heavy atom. The first-order chi connectivity index (χ1) is 12.5. The van der Waals surface area contributed by atoms with E-state index in [1.165, 1.54) is 17.0 Å². The van der Waals surface area contributed by atoms with E-state index in [4.69, 9.17) is 13.7 Å². The van der Waals surface area contributed by atoms with Crippen LogP contribution in [0.2, 0.25) is 0 Å². The lowest BCUT2D eigenvalue weighted by atomic mass is 10.1. The molecule has 2 rings (SSSR count). The fourth-order valence-electron chi connectivity index (χ4n) is 2.61. The predicted molar refractivity (Wildman–Crippen MR) is 104 cm³/mol. The number of hydrogen-bond donors (Lipinski definition) is 0. The van der Waals surface area contributed by atoms with Gasteiger partial charge in [0.05, 0.1) is 18.0 Å². The van der Waals surface area contributed by atoms with Gasteiger partial charge in [-0.05, 0) is 51.5 Å². The fraction of sp³-hybridized carbons (Fsp3) is 0.611. The molecule has 0 saturated carbocycles. The van der Waals surface area contributed by atoms with Gasteiger partial charge in [-0.1, -0.05) is 22.9 Å². The van der Waals surface area contributed by atoms with Crippen molar-refractivity contribution in [3.05, 3.63) is 28.7 Å². The van der Waals surface area contributed by atoms with Crippen molar-refractivity contribution in [2.24, 2.45) is 0 Å². The minimum absolute atomic E-state index is 0.0731. The molecule has 1 aromatic rings. The fourth-order valence-corrected chi connectivity index (χ4v) is 4.04. The van der Waals surface area contributed by atoms with E-state index >= 15 is 0 Å². The van der Waals surface area contributed by atoms with E-state index in [1.807, 2.05) is 6.92 Å². The summed E-state index contributed by atoms with van der Waals surface area (Å²) in [5.41, 5.74) is -0.601. The largest absolute Gasteiger partial charge is 0.444 e. The number of nitrogens with zero attached hydrogens (tertiary/aromatic N) is 1. The number of hydrogen-bond acceptors (Lipinski definition) is 6. The number of halogens is 1. The van der Waals surface area contributed by atoms with Crippen LogP contribution >= 0.6 is 15.9 Å². The van der Waals surface area contributed by atoms with Gasteiger partial charge < -0.3 is 14.4 Å². The highest BCUT2D eigenvalue weighted by Gasteiger charge is 2.35. The van der Waals surface area contributed by atoms with Crippen molar-refractivity contribution in [1.82, 2.24) is 4.90 Å². The smallest absolute Gasteiger partial charge is 0.410 e. The summed E-state index contributed by atoms with van der Waals surface area (Å²) in [5, 5.41) is 0. The predicted octanol–water partition coefficient (Wildman–Crippen LogP) is 3.57. The Kier molecular flexibility index (Phi) is 7.29. The van der Waals surface area contributed by atoms with Crippen molar-refractivity contribution in [2.45, 2.75) is 56.8 Å². The number of ether oxygens (including phenoxy) is 2. The van der Waals surface area contributed by atoms with Gasteiger partial charge >= 0.3 is 6.09 Å². The first-order valence-corrected chi connectivity index (χ1v) is 11.0. The van der Waals surface area contributed by atoms with E-state index in [0.29, 0.717) is 19.6 Å². The lowest BCUT2D eigenvalue weighted by molar-refractivity contribution is -0.0815. The molecule has 0 bridgehead atoms. The first kappa shape index (κ1) is 22.1. The zero-order valence-corrected chi connectivity index (χ0v) is 18.4. The lowest BCUT2D eigenvalue weighted by Gasteiger charge is -2.36. The molecule has 1 amide bonds. The summed E-state index contributed by atoms with van der Waals surface area (Å²) in [6.07, 6.45) is -1.28. The summed E-state index contributed by atoms with van der Waals surface area (Å²) in [6.45, 7) is 8.10. The minimum Gasteiger partial charge on any atom is -0.444 e. The van der Waals surface area contributed by atoms with Gasteiger partial charge in [0, 0.05) is 11.0 Å². The third kappa shape index (κ3) is 6.44. The molecule has 0 aromatic heterocycles. The molecule has 152 valence electrons. The van der Waals surface area contributed by atoms with Crippen molar-refractivity contribution in [2.75, 3.05) is 19.7 Å². The van der Waals surface area contributed by atoms with E-state index in [-0.39, 0.29) is 11.4 Å². The molecule has 0 aliphatic carbocycles. The second kappa shape index (κ2) is 8.89. The Bertz CT molecular complexity index is 744. The molecule has 0 spiro atoms. The van der Waals surface area contributed by atoms with Gasteiger partial charge in [-0.15, -0.1) is 0 Å². The van der Waals surface area contributed by atoms with Gasteiger partial charge in [0.2, 0.25) is 0 Å². The average Bonchev–Trinajstić information content (AvgIpc) is 2.59. The number of carbonyl (C=O) groups is 1. The highest BCUT2D eigenvalue weighted by Crippen LogP contribution is 2.23. The lowest BCUT2D eigenvalue weighted by Crippen LogP contribution is -2.51. The third-order valence-electron chi connectivity index (χ3n) is 3.91. The van der Waals surface area contributed by atoms with Crippen LogP contribution in [0.3, 0.4) is 0 Å². The maximum absolute atomic E-state index is 12.6. The second-order valence-corrected chi connectivity index (χ2v) is 9.77.